The van der Waals surface area contributed by atoms with Crippen molar-refractivity contribution >= 4 is 0 Å². The number of fused-ring (bicyclic) bond motifs is 1. The van der Waals surface area contributed by atoms with Gasteiger partial charge in [-0.2, -0.15) is 0 Å². The lowest BCUT2D eigenvalue weighted by atomic mass is 9.89. The second-order valence-corrected chi connectivity index (χ2v) is 5.84. The van der Waals surface area contributed by atoms with E-state index in [4.69, 9.17) is 0 Å². The second kappa shape index (κ2) is 3.63. The molecule has 0 N–H and O–H groups in total. The van der Waals surface area contributed by atoms with Gasteiger partial charge in [0.15, 0.2) is 0 Å². The van der Waals surface area contributed by atoms with Crippen LogP contribution in [-0.2, 0) is 0 Å². The molecule has 2 rings (SSSR count). The summed E-state index contributed by atoms with van der Waals surface area (Å²) in [4.78, 5) is 0. The summed E-state index contributed by atoms with van der Waals surface area (Å²) in [6, 6.07) is 0. The second-order valence-electron chi connectivity index (χ2n) is 5.84. The smallest absolute Gasteiger partial charge is 0.0294 e. The maximum Gasteiger partial charge on any atom is -0.0294 e. The zero-order chi connectivity index (χ0) is 9.31. The Kier molecular flexibility index (Phi) is 2.67. The highest BCUT2D eigenvalue weighted by Gasteiger charge is 2.48. The molecule has 0 aromatic rings. The van der Waals surface area contributed by atoms with Crippen LogP contribution in [0, 0.1) is 17.3 Å². The topological polar surface area (TPSA) is 0 Å². The van der Waals surface area contributed by atoms with Gasteiger partial charge in [-0.25, -0.2) is 0 Å². The van der Waals surface area contributed by atoms with Gasteiger partial charge in [0.2, 0.25) is 0 Å². The third-order valence-corrected chi connectivity index (χ3v) is 4.48. The zero-order valence-corrected chi connectivity index (χ0v) is 9.31. The van der Waals surface area contributed by atoms with E-state index in [1.165, 1.54) is 44.9 Å². The van der Waals surface area contributed by atoms with Crippen molar-refractivity contribution in [2.75, 3.05) is 0 Å². The fourth-order valence-corrected chi connectivity index (χ4v) is 3.14. The average Bonchev–Trinajstić information content (AvgIpc) is 2.72. The Hall–Kier alpha value is 0. The maximum absolute atomic E-state index is 2.52. The highest BCUT2D eigenvalue weighted by atomic mass is 14.5. The molecule has 0 radical (unpaired) electrons. The molecule has 0 aromatic heterocycles. The molecule has 0 amide bonds. The quantitative estimate of drug-likeness (QED) is 0.518. The molecule has 0 spiro atoms. The van der Waals surface area contributed by atoms with Crippen LogP contribution in [0.2, 0.25) is 0 Å². The van der Waals surface area contributed by atoms with E-state index >= 15 is 0 Å². The fraction of sp³-hybridized carbons (Fsp3) is 1.00. The van der Waals surface area contributed by atoms with Gasteiger partial charge in [-0.1, -0.05) is 46.0 Å². The van der Waals surface area contributed by atoms with Gasteiger partial charge in [0.1, 0.15) is 0 Å². The molecule has 0 aromatic carbocycles. The van der Waals surface area contributed by atoms with Gasteiger partial charge in [-0.15, -0.1) is 0 Å². The predicted molar refractivity (Wildman–Crippen MR) is 57.7 cm³/mol. The van der Waals surface area contributed by atoms with E-state index in [-0.39, 0.29) is 0 Å². The van der Waals surface area contributed by atoms with Crippen LogP contribution < -0.4 is 0 Å². The lowest BCUT2D eigenvalue weighted by Gasteiger charge is -2.17. The van der Waals surface area contributed by atoms with Crippen molar-refractivity contribution in [1.82, 2.24) is 0 Å². The van der Waals surface area contributed by atoms with Gasteiger partial charge < -0.3 is 0 Å². The molecule has 13 heavy (non-hydrogen) atoms. The molecule has 3 atom stereocenters. The zero-order valence-electron chi connectivity index (χ0n) is 9.31. The summed E-state index contributed by atoms with van der Waals surface area (Å²) in [6.07, 6.45) is 12.1. The summed E-state index contributed by atoms with van der Waals surface area (Å²) in [5.74, 6) is 2.11. The molecule has 0 nitrogen and oxygen atoms in total. The largest absolute Gasteiger partial charge is 0.0625 e. The Morgan fingerprint density at radius 1 is 1.00 bits per heavy atom. The Morgan fingerprint density at radius 3 is 2.54 bits per heavy atom. The first-order valence-corrected chi connectivity index (χ1v) is 6.21. The van der Waals surface area contributed by atoms with Crippen molar-refractivity contribution in [3.8, 4) is 0 Å². The number of hydrogen-bond acceptors (Lipinski definition) is 0. The Labute approximate surface area is 83.1 Å². The molecule has 0 heterocycles. The predicted octanol–water partition coefficient (Wildman–Crippen LogP) is 4.39. The Morgan fingerprint density at radius 2 is 1.69 bits per heavy atom. The van der Waals surface area contributed by atoms with Crippen molar-refractivity contribution < 1.29 is 0 Å². The fourth-order valence-electron chi connectivity index (χ4n) is 3.14. The van der Waals surface area contributed by atoms with E-state index in [0.717, 1.165) is 17.3 Å². The third kappa shape index (κ3) is 2.27. The molecule has 3 unspecified atom stereocenters. The van der Waals surface area contributed by atoms with Gasteiger partial charge in [-0.3, -0.25) is 0 Å². The number of rotatable bonds is 0. The van der Waals surface area contributed by atoms with E-state index in [9.17, 15) is 0 Å². The lowest BCUT2D eigenvalue weighted by Crippen LogP contribution is -2.03. The summed E-state index contributed by atoms with van der Waals surface area (Å²) in [5.41, 5.74) is 0.789. The molecule has 0 saturated heterocycles. The van der Waals surface area contributed by atoms with Gasteiger partial charge >= 0.3 is 0 Å². The van der Waals surface area contributed by atoms with Crippen LogP contribution in [-0.4, -0.2) is 0 Å². The average molecular weight is 180 g/mol. The minimum absolute atomic E-state index is 0.789. The minimum atomic E-state index is 0.789. The molecule has 2 fully saturated rings. The molecule has 0 bridgehead atoms. The molecular weight excluding hydrogens is 156 g/mol. The molecule has 0 aliphatic heterocycles. The molecule has 2 saturated carbocycles. The van der Waals surface area contributed by atoms with Crippen molar-refractivity contribution in [1.29, 1.82) is 0 Å². The van der Waals surface area contributed by atoms with E-state index < -0.39 is 0 Å². The maximum atomic E-state index is 2.52. The van der Waals surface area contributed by atoms with E-state index in [1.54, 1.807) is 6.42 Å². The van der Waals surface area contributed by atoms with Crippen molar-refractivity contribution in [2.45, 2.75) is 65.2 Å². The molecule has 2 aliphatic rings. The Balaban J connectivity index is 1.84. The van der Waals surface area contributed by atoms with Crippen LogP contribution in [0.1, 0.15) is 65.2 Å². The van der Waals surface area contributed by atoms with E-state index in [2.05, 4.69) is 13.8 Å². The van der Waals surface area contributed by atoms with Crippen molar-refractivity contribution in [3.63, 3.8) is 0 Å². The van der Waals surface area contributed by atoms with Crippen LogP contribution in [0.25, 0.3) is 0 Å². The molecule has 2 aliphatic carbocycles. The van der Waals surface area contributed by atoms with Gasteiger partial charge in [-0.05, 0) is 36.5 Å². The van der Waals surface area contributed by atoms with Crippen LogP contribution in [0.15, 0.2) is 0 Å². The first-order chi connectivity index (χ1) is 6.21. The molecular formula is C13H24. The third-order valence-electron chi connectivity index (χ3n) is 4.48. The minimum Gasteiger partial charge on any atom is -0.0625 e. The summed E-state index contributed by atoms with van der Waals surface area (Å²) < 4.78 is 0. The molecule has 0 heteroatoms. The Bertz CT molecular complexity index is 173. The standard InChI is InChI=1S/C13H24/c1-11-6-3-4-8-12-10-13(12,2)9-5-7-11/h11-12H,3-10H2,1-2H3. The summed E-state index contributed by atoms with van der Waals surface area (Å²) in [7, 11) is 0. The van der Waals surface area contributed by atoms with Crippen molar-refractivity contribution in [2.24, 2.45) is 17.3 Å². The molecule has 76 valence electrons. The van der Waals surface area contributed by atoms with Crippen LogP contribution in [0.4, 0.5) is 0 Å². The van der Waals surface area contributed by atoms with Crippen molar-refractivity contribution in [3.05, 3.63) is 0 Å². The van der Waals surface area contributed by atoms with Crippen LogP contribution >= 0.6 is 0 Å². The number of hydrogen-bond donors (Lipinski definition) is 0. The highest BCUT2D eigenvalue weighted by molar-refractivity contribution is 4.98. The van der Waals surface area contributed by atoms with Gasteiger partial charge in [0, 0.05) is 0 Å². The van der Waals surface area contributed by atoms with E-state index in [1.807, 2.05) is 0 Å². The van der Waals surface area contributed by atoms with Crippen LogP contribution in [0.3, 0.4) is 0 Å². The summed E-state index contributed by atoms with van der Waals surface area (Å²) in [6.45, 7) is 4.96. The van der Waals surface area contributed by atoms with Gasteiger partial charge in [0.05, 0.1) is 0 Å². The monoisotopic (exact) mass is 180 g/mol. The van der Waals surface area contributed by atoms with E-state index in [0.29, 0.717) is 0 Å². The van der Waals surface area contributed by atoms with Gasteiger partial charge in [0.25, 0.3) is 0 Å². The lowest BCUT2D eigenvalue weighted by molar-refractivity contribution is 0.355. The summed E-state index contributed by atoms with van der Waals surface area (Å²) in [5, 5.41) is 0. The first-order valence-electron chi connectivity index (χ1n) is 6.21. The normalized spacial score (nSPS) is 46.6. The first kappa shape index (κ1) is 9.55. The summed E-state index contributed by atoms with van der Waals surface area (Å²) >= 11 is 0. The van der Waals surface area contributed by atoms with Crippen LogP contribution in [0.5, 0.6) is 0 Å². The highest BCUT2D eigenvalue weighted by Crippen LogP contribution is 2.58. The SMILES string of the molecule is CC1CCCCC2CC2(C)CCC1.